The van der Waals surface area contributed by atoms with Gasteiger partial charge in [-0.15, -0.1) is 0 Å². The molecular weight excluding hydrogens is 366 g/mol. The lowest BCUT2D eigenvalue weighted by Gasteiger charge is -2.08. The van der Waals surface area contributed by atoms with Gasteiger partial charge < -0.3 is 5.32 Å². The molecule has 0 saturated carbocycles. The van der Waals surface area contributed by atoms with Crippen LogP contribution in [-0.4, -0.2) is 30.3 Å². The number of carbonyl (C=O) groups excluding carboxylic acids is 1. The fourth-order valence-electron chi connectivity index (χ4n) is 2.95. The molecule has 4 aromatic rings. The lowest BCUT2D eigenvalue weighted by atomic mass is 10.2. The number of rotatable bonds is 6. The number of anilines is 1. The molecule has 29 heavy (non-hydrogen) atoms. The van der Waals surface area contributed by atoms with Gasteiger partial charge in [-0.05, 0) is 30.2 Å². The van der Waals surface area contributed by atoms with Gasteiger partial charge >= 0.3 is 6.03 Å². The van der Waals surface area contributed by atoms with Crippen LogP contribution in [-0.2, 0) is 13.1 Å². The van der Waals surface area contributed by atoms with Crippen molar-refractivity contribution < 1.29 is 4.79 Å². The average molecular weight is 387 g/mol. The molecule has 0 aliphatic carbocycles. The fraction of sp³-hybridized carbons (Fsp3) is 0.143. The Morgan fingerprint density at radius 2 is 1.86 bits per heavy atom. The second-order valence-electron chi connectivity index (χ2n) is 6.56. The van der Waals surface area contributed by atoms with E-state index in [1.807, 2.05) is 66.3 Å². The van der Waals surface area contributed by atoms with Crippen molar-refractivity contribution in [1.82, 2.24) is 29.6 Å². The molecule has 1 aromatic carbocycles. The predicted octanol–water partition coefficient (Wildman–Crippen LogP) is 3.14. The van der Waals surface area contributed by atoms with E-state index >= 15 is 0 Å². The molecule has 0 atom stereocenters. The van der Waals surface area contributed by atoms with Gasteiger partial charge in [0.25, 0.3) is 0 Å². The van der Waals surface area contributed by atoms with Gasteiger partial charge in [-0.25, -0.2) is 14.8 Å². The maximum absolute atomic E-state index is 12.2. The van der Waals surface area contributed by atoms with Crippen LogP contribution in [0.2, 0.25) is 0 Å². The fourth-order valence-corrected chi connectivity index (χ4v) is 2.95. The number of nitrogens with one attached hydrogen (secondary N) is 2. The standard InChI is InChI=1S/C21H21N7O/c1-16-22-10-12-28(16)20-13-18(7-9-23-20)14-24-21(29)25-19-8-11-27(26-19)15-17-5-3-2-4-6-17/h2-13H,14-15H2,1H3,(H2,24,25,26,29). The molecule has 3 aromatic heterocycles. The number of aryl methyl sites for hydroxylation is 1. The van der Waals surface area contributed by atoms with Crippen molar-refractivity contribution in [3.05, 3.63) is 90.3 Å². The molecule has 0 bridgehead atoms. The second kappa shape index (κ2) is 8.39. The monoisotopic (exact) mass is 387 g/mol. The van der Waals surface area contributed by atoms with Gasteiger partial charge in [-0.1, -0.05) is 30.3 Å². The molecule has 3 heterocycles. The van der Waals surface area contributed by atoms with E-state index in [2.05, 4.69) is 25.7 Å². The quantitative estimate of drug-likeness (QED) is 0.532. The molecule has 0 spiro atoms. The van der Waals surface area contributed by atoms with Gasteiger partial charge in [-0.2, -0.15) is 5.10 Å². The Labute approximate surface area is 168 Å². The number of imidazole rings is 1. The highest BCUT2D eigenvalue weighted by Crippen LogP contribution is 2.10. The number of aromatic nitrogens is 5. The maximum Gasteiger partial charge on any atom is 0.320 e. The lowest BCUT2D eigenvalue weighted by molar-refractivity contribution is 0.251. The van der Waals surface area contributed by atoms with E-state index in [4.69, 9.17) is 0 Å². The molecule has 0 aliphatic heterocycles. The first kappa shape index (κ1) is 18.4. The van der Waals surface area contributed by atoms with E-state index in [0.717, 1.165) is 22.8 Å². The number of amides is 2. The third-order valence-corrected chi connectivity index (χ3v) is 4.41. The van der Waals surface area contributed by atoms with Crippen LogP contribution in [0.25, 0.3) is 5.82 Å². The first-order valence-electron chi connectivity index (χ1n) is 9.25. The van der Waals surface area contributed by atoms with Gasteiger partial charge in [0.05, 0.1) is 6.54 Å². The van der Waals surface area contributed by atoms with Crippen molar-refractivity contribution in [3.8, 4) is 5.82 Å². The van der Waals surface area contributed by atoms with Crippen LogP contribution < -0.4 is 10.6 Å². The summed E-state index contributed by atoms with van der Waals surface area (Å²) in [6.07, 6.45) is 7.14. The summed E-state index contributed by atoms with van der Waals surface area (Å²) >= 11 is 0. The van der Waals surface area contributed by atoms with Crippen molar-refractivity contribution >= 4 is 11.8 Å². The molecule has 0 saturated heterocycles. The molecule has 2 N–H and O–H groups in total. The minimum absolute atomic E-state index is 0.313. The molecule has 0 unspecified atom stereocenters. The lowest BCUT2D eigenvalue weighted by Crippen LogP contribution is -2.28. The summed E-state index contributed by atoms with van der Waals surface area (Å²) in [5.74, 6) is 2.12. The van der Waals surface area contributed by atoms with E-state index in [-0.39, 0.29) is 6.03 Å². The molecule has 0 fully saturated rings. The summed E-state index contributed by atoms with van der Waals surface area (Å²) in [4.78, 5) is 20.8. The number of hydrogen-bond acceptors (Lipinski definition) is 4. The molecule has 0 aliphatic rings. The zero-order valence-corrected chi connectivity index (χ0v) is 16.0. The molecule has 2 amide bonds. The molecule has 146 valence electrons. The Morgan fingerprint density at radius 3 is 2.66 bits per heavy atom. The minimum Gasteiger partial charge on any atom is -0.334 e. The summed E-state index contributed by atoms with van der Waals surface area (Å²) in [6, 6.07) is 15.3. The van der Waals surface area contributed by atoms with Gasteiger partial charge in [0.15, 0.2) is 5.82 Å². The number of carbonyl (C=O) groups is 1. The van der Waals surface area contributed by atoms with E-state index in [0.29, 0.717) is 18.9 Å². The Kier molecular flexibility index (Phi) is 5.33. The van der Waals surface area contributed by atoms with Gasteiger partial charge in [0, 0.05) is 37.4 Å². The van der Waals surface area contributed by atoms with Crippen molar-refractivity contribution in [1.29, 1.82) is 0 Å². The van der Waals surface area contributed by atoms with Crippen molar-refractivity contribution in [2.45, 2.75) is 20.0 Å². The van der Waals surface area contributed by atoms with Crippen LogP contribution in [0.15, 0.2) is 73.3 Å². The average Bonchev–Trinajstić information content (AvgIpc) is 3.36. The van der Waals surface area contributed by atoms with Crippen LogP contribution in [0.1, 0.15) is 17.0 Å². The van der Waals surface area contributed by atoms with E-state index < -0.39 is 0 Å². The number of pyridine rings is 1. The van der Waals surface area contributed by atoms with Gasteiger partial charge in [-0.3, -0.25) is 14.6 Å². The normalized spacial score (nSPS) is 10.7. The third kappa shape index (κ3) is 4.67. The summed E-state index contributed by atoms with van der Waals surface area (Å²) in [5.41, 5.74) is 2.08. The van der Waals surface area contributed by atoms with Crippen molar-refractivity contribution in [2.75, 3.05) is 5.32 Å². The smallest absolute Gasteiger partial charge is 0.320 e. The summed E-state index contributed by atoms with van der Waals surface area (Å²) in [7, 11) is 0. The summed E-state index contributed by atoms with van der Waals surface area (Å²) in [6.45, 7) is 2.94. The Balaban J connectivity index is 1.32. The molecule has 8 nitrogen and oxygen atoms in total. The first-order chi connectivity index (χ1) is 14.2. The highest BCUT2D eigenvalue weighted by Gasteiger charge is 2.07. The van der Waals surface area contributed by atoms with E-state index in [1.165, 1.54) is 0 Å². The number of urea groups is 1. The van der Waals surface area contributed by atoms with Crippen LogP contribution in [0.4, 0.5) is 10.6 Å². The molecular formula is C21H21N7O. The highest BCUT2D eigenvalue weighted by molar-refractivity contribution is 5.88. The van der Waals surface area contributed by atoms with Crippen molar-refractivity contribution in [3.63, 3.8) is 0 Å². The molecule has 0 radical (unpaired) electrons. The van der Waals surface area contributed by atoms with Gasteiger partial charge in [0.2, 0.25) is 0 Å². The van der Waals surface area contributed by atoms with E-state index in [1.54, 1.807) is 23.1 Å². The largest absolute Gasteiger partial charge is 0.334 e. The Hall–Kier alpha value is -3.94. The summed E-state index contributed by atoms with van der Waals surface area (Å²) < 4.78 is 3.68. The molecule has 4 rings (SSSR count). The first-order valence-corrected chi connectivity index (χ1v) is 9.25. The minimum atomic E-state index is -0.313. The van der Waals surface area contributed by atoms with E-state index in [9.17, 15) is 4.79 Å². The number of benzene rings is 1. The number of nitrogens with zero attached hydrogens (tertiary/aromatic N) is 5. The number of hydrogen-bond donors (Lipinski definition) is 2. The third-order valence-electron chi connectivity index (χ3n) is 4.41. The second-order valence-corrected chi connectivity index (χ2v) is 6.56. The summed E-state index contributed by atoms with van der Waals surface area (Å²) in [5, 5.41) is 9.98. The predicted molar refractivity (Wildman–Crippen MR) is 110 cm³/mol. The van der Waals surface area contributed by atoms with Crippen LogP contribution in [0.5, 0.6) is 0 Å². The Bertz CT molecular complexity index is 1100. The van der Waals surface area contributed by atoms with Crippen LogP contribution in [0.3, 0.4) is 0 Å². The van der Waals surface area contributed by atoms with Gasteiger partial charge in [0.1, 0.15) is 11.6 Å². The topological polar surface area (TPSA) is 89.7 Å². The van der Waals surface area contributed by atoms with Crippen LogP contribution >= 0.6 is 0 Å². The zero-order valence-electron chi connectivity index (χ0n) is 16.0. The van der Waals surface area contributed by atoms with Crippen LogP contribution in [0, 0.1) is 6.92 Å². The highest BCUT2D eigenvalue weighted by atomic mass is 16.2. The maximum atomic E-state index is 12.2. The zero-order chi connectivity index (χ0) is 20.1. The Morgan fingerprint density at radius 1 is 1.00 bits per heavy atom. The SMILES string of the molecule is Cc1nccn1-c1cc(CNC(=O)Nc2ccn(Cc3ccccc3)n2)ccn1. The molecule has 8 heteroatoms. The van der Waals surface area contributed by atoms with Crippen molar-refractivity contribution in [2.24, 2.45) is 0 Å².